The Morgan fingerprint density at radius 2 is 1.38 bits per heavy atom. The maximum absolute atomic E-state index is 5.47. The molecule has 0 spiro atoms. The van der Waals surface area contributed by atoms with E-state index in [1.807, 2.05) is 27.7 Å². The maximum atomic E-state index is 5.47. The molecule has 4 N–H and O–H groups in total. The minimum atomic E-state index is -0.408. The van der Waals surface area contributed by atoms with Crippen LogP contribution in [0.15, 0.2) is 20.2 Å². The topological polar surface area (TPSA) is 101 Å². The molecule has 0 aromatic heterocycles. The van der Waals surface area contributed by atoms with E-state index in [0.717, 1.165) is 17.8 Å². The third-order valence-electron chi connectivity index (χ3n) is 3.13. The van der Waals surface area contributed by atoms with Crippen molar-refractivity contribution in [2.24, 2.45) is 31.7 Å². The summed E-state index contributed by atoms with van der Waals surface area (Å²) < 4.78 is 0. The summed E-state index contributed by atoms with van der Waals surface area (Å²) in [4.78, 5) is 8.82. The molecule has 0 unspecified atom stereocenters. The molecular weight excluding hydrogens is 264 g/mol. The van der Waals surface area contributed by atoms with Crippen molar-refractivity contribution in [1.82, 2.24) is 0 Å². The van der Waals surface area contributed by atoms with E-state index in [9.17, 15) is 0 Å². The van der Waals surface area contributed by atoms with Crippen LogP contribution in [-0.2, 0) is 0 Å². The molecule has 0 aliphatic heterocycles. The van der Waals surface area contributed by atoms with Crippen LogP contribution in [0, 0.1) is 0 Å². The van der Waals surface area contributed by atoms with Crippen molar-refractivity contribution in [2.45, 2.75) is 59.0 Å². The Hall–Kier alpha value is -1.14. The van der Waals surface area contributed by atoms with E-state index in [1.165, 1.54) is 0 Å². The van der Waals surface area contributed by atoms with E-state index >= 15 is 0 Å². The van der Waals surface area contributed by atoms with Crippen LogP contribution >= 0.6 is 0 Å². The lowest BCUT2D eigenvalue weighted by Gasteiger charge is -2.23. The molecule has 122 valence electrons. The summed E-state index contributed by atoms with van der Waals surface area (Å²) in [5.74, 6) is 0. The van der Waals surface area contributed by atoms with Gasteiger partial charge in [-0.2, -0.15) is 10.2 Å². The number of nitrogens with two attached hydrogens (primary N) is 2. The van der Waals surface area contributed by atoms with Crippen LogP contribution in [0.1, 0.15) is 48.0 Å². The highest BCUT2D eigenvalue weighted by Gasteiger charge is 2.24. The summed E-state index contributed by atoms with van der Waals surface area (Å²) >= 11 is 0. The van der Waals surface area contributed by atoms with Crippen molar-refractivity contribution < 1.29 is 0 Å². The van der Waals surface area contributed by atoms with Crippen LogP contribution in [0.25, 0.3) is 0 Å². The van der Waals surface area contributed by atoms with E-state index in [2.05, 4.69) is 34.1 Å². The molecule has 0 radical (unpaired) electrons. The van der Waals surface area contributed by atoms with Crippen LogP contribution in [0.4, 0.5) is 0 Å². The van der Waals surface area contributed by atoms with E-state index in [-0.39, 0.29) is 5.54 Å². The number of azo groups is 1. The summed E-state index contributed by atoms with van der Waals surface area (Å²) in [6.07, 6.45) is 0.769. The van der Waals surface area contributed by atoms with Crippen molar-refractivity contribution in [3.05, 3.63) is 0 Å². The molecule has 0 saturated carbocycles. The Kier molecular flexibility index (Phi) is 8.51. The first-order chi connectivity index (χ1) is 9.64. The van der Waals surface area contributed by atoms with Gasteiger partial charge in [0.2, 0.25) is 0 Å². The van der Waals surface area contributed by atoms with Gasteiger partial charge in [0.25, 0.3) is 0 Å². The number of aliphatic imine (C=N–C) groups is 2. The predicted octanol–water partition coefficient (Wildman–Crippen LogP) is 2.23. The third kappa shape index (κ3) is 8.67. The molecule has 0 aromatic carbocycles. The predicted molar refractivity (Wildman–Crippen MR) is 91.7 cm³/mol. The zero-order valence-corrected chi connectivity index (χ0v) is 14.5. The monoisotopic (exact) mass is 296 g/mol. The normalized spacial score (nSPS) is 15.0. The lowest BCUT2D eigenvalue weighted by Crippen LogP contribution is -2.29. The third-order valence-corrected chi connectivity index (χ3v) is 3.13. The van der Waals surface area contributed by atoms with Crippen molar-refractivity contribution in [1.29, 1.82) is 0 Å². The Labute approximate surface area is 129 Å². The van der Waals surface area contributed by atoms with Gasteiger partial charge < -0.3 is 11.5 Å². The Bertz CT molecular complexity index is 393. The summed E-state index contributed by atoms with van der Waals surface area (Å²) in [5, 5.41) is 8.99. The zero-order chi connectivity index (χ0) is 16.5. The fourth-order valence-electron chi connectivity index (χ4n) is 1.73. The summed E-state index contributed by atoms with van der Waals surface area (Å²) in [7, 11) is 0. The second-order valence-electron chi connectivity index (χ2n) is 6.41. The number of nitrogens with zero attached hydrogens (tertiary/aromatic N) is 4. The molecule has 0 fully saturated rings. The van der Waals surface area contributed by atoms with Gasteiger partial charge in [-0.1, -0.05) is 0 Å². The first kappa shape index (κ1) is 19.9. The van der Waals surface area contributed by atoms with Crippen LogP contribution < -0.4 is 11.5 Å². The van der Waals surface area contributed by atoms with E-state index < -0.39 is 5.54 Å². The second-order valence-corrected chi connectivity index (χ2v) is 6.41. The lowest BCUT2D eigenvalue weighted by molar-refractivity contribution is 0.476. The van der Waals surface area contributed by atoms with Gasteiger partial charge in [0, 0.05) is 30.9 Å². The van der Waals surface area contributed by atoms with E-state index in [4.69, 9.17) is 11.5 Å². The molecule has 0 rings (SSSR count). The molecule has 0 saturated heterocycles. The molecule has 0 aliphatic rings. The fraction of sp³-hybridized carbons (Fsp3) is 0.867. The highest BCUT2D eigenvalue weighted by molar-refractivity contribution is 5.90. The Morgan fingerprint density at radius 3 is 1.90 bits per heavy atom. The molecule has 0 amide bonds. The van der Waals surface area contributed by atoms with Crippen molar-refractivity contribution in [2.75, 3.05) is 26.2 Å². The summed E-state index contributed by atoms with van der Waals surface area (Å²) in [6, 6.07) is 0. The van der Waals surface area contributed by atoms with Gasteiger partial charge in [0.1, 0.15) is 5.54 Å². The Balaban J connectivity index is 4.82. The SMILES string of the molecule is CC(CC(C)(C)N=NC(C)(C)C(C)=NCCN)=NCCN. The molecular formula is C15H32N6. The highest BCUT2D eigenvalue weighted by atomic mass is 15.2. The number of hydrogen-bond acceptors (Lipinski definition) is 6. The first-order valence-corrected chi connectivity index (χ1v) is 7.50. The molecule has 0 aliphatic carbocycles. The van der Waals surface area contributed by atoms with Gasteiger partial charge in [-0.05, 0) is 41.5 Å². The lowest BCUT2D eigenvalue weighted by atomic mass is 9.98. The molecule has 0 aromatic rings. The van der Waals surface area contributed by atoms with Gasteiger partial charge in [-0.15, -0.1) is 0 Å². The average molecular weight is 296 g/mol. The average Bonchev–Trinajstić information content (AvgIpc) is 2.40. The van der Waals surface area contributed by atoms with Crippen molar-refractivity contribution in [3.8, 4) is 0 Å². The Morgan fingerprint density at radius 1 is 0.857 bits per heavy atom. The molecule has 21 heavy (non-hydrogen) atoms. The number of hydrogen-bond donors (Lipinski definition) is 2. The van der Waals surface area contributed by atoms with Gasteiger partial charge in [-0.25, -0.2) is 0 Å². The smallest absolute Gasteiger partial charge is 0.113 e. The zero-order valence-electron chi connectivity index (χ0n) is 14.5. The van der Waals surface area contributed by atoms with Gasteiger partial charge in [0.15, 0.2) is 0 Å². The minimum absolute atomic E-state index is 0.284. The van der Waals surface area contributed by atoms with Crippen molar-refractivity contribution >= 4 is 11.4 Å². The van der Waals surface area contributed by atoms with Crippen LogP contribution in [0.5, 0.6) is 0 Å². The fourth-order valence-corrected chi connectivity index (χ4v) is 1.73. The molecule has 0 atom stereocenters. The highest BCUT2D eigenvalue weighted by Crippen LogP contribution is 2.20. The maximum Gasteiger partial charge on any atom is 0.113 e. The molecule has 6 heteroatoms. The van der Waals surface area contributed by atoms with E-state index in [1.54, 1.807) is 0 Å². The molecule has 0 bridgehead atoms. The van der Waals surface area contributed by atoms with Gasteiger partial charge in [0.05, 0.1) is 18.6 Å². The minimum Gasteiger partial charge on any atom is -0.329 e. The summed E-state index contributed by atoms with van der Waals surface area (Å²) in [5.41, 5.74) is 12.2. The number of rotatable bonds is 9. The molecule has 0 heterocycles. The quantitative estimate of drug-likeness (QED) is 0.503. The second kappa shape index (κ2) is 9.00. The van der Waals surface area contributed by atoms with Crippen molar-refractivity contribution in [3.63, 3.8) is 0 Å². The van der Waals surface area contributed by atoms with Crippen LogP contribution in [-0.4, -0.2) is 48.7 Å². The standard InChI is InChI=1S/C15H32N6/c1-12(18-9-7-16)11-14(3,4)20-21-15(5,6)13(2)19-10-8-17/h7-11,16-17H2,1-6H3. The largest absolute Gasteiger partial charge is 0.329 e. The van der Waals surface area contributed by atoms with E-state index in [0.29, 0.717) is 26.2 Å². The van der Waals surface area contributed by atoms with Crippen LogP contribution in [0.2, 0.25) is 0 Å². The summed E-state index contributed by atoms with van der Waals surface area (Å²) in [6.45, 7) is 14.5. The van der Waals surface area contributed by atoms with Gasteiger partial charge >= 0.3 is 0 Å². The molecule has 6 nitrogen and oxygen atoms in total. The van der Waals surface area contributed by atoms with Gasteiger partial charge in [-0.3, -0.25) is 9.98 Å². The van der Waals surface area contributed by atoms with Crippen LogP contribution in [0.3, 0.4) is 0 Å². The first-order valence-electron chi connectivity index (χ1n) is 7.50.